The molecule has 0 aromatic carbocycles. The molecule has 0 saturated carbocycles. The van der Waals surface area contributed by atoms with Crippen LogP contribution in [0.15, 0.2) is 12.5 Å². The molecule has 1 rings (SSSR count). The molecule has 0 saturated heterocycles. The standard InChI is InChI=1S/C12H23N3O/c1-3-4-5-7-15-11-14-10-12(15)9-13-6-8-16-2/h10-11,13H,3-9H2,1-2H3. The third kappa shape index (κ3) is 4.77. The zero-order chi connectivity index (χ0) is 11.6. The Morgan fingerprint density at radius 3 is 3.06 bits per heavy atom. The van der Waals surface area contributed by atoms with Gasteiger partial charge in [0.25, 0.3) is 0 Å². The molecule has 1 aromatic rings. The van der Waals surface area contributed by atoms with Crippen LogP contribution in [0.4, 0.5) is 0 Å². The highest BCUT2D eigenvalue weighted by atomic mass is 16.5. The van der Waals surface area contributed by atoms with Gasteiger partial charge in [0.1, 0.15) is 0 Å². The number of nitrogens with zero attached hydrogens (tertiary/aromatic N) is 2. The predicted molar refractivity (Wildman–Crippen MR) is 65.3 cm³/mol. The van der Waals surface area contributed by atoms with Crippen LogP contribution in [-0.2, 0) is 17.8 Å². The summed E-state index contributed by atoms with van der Waals surface area (Å²) in [7, 11) is 1.72. The van der Waals surface area contributed by atoms with E-state index in [2.05, 4.69) is 21.8 Å². The van der Waals surface area contributed by atoms with E-state index in [1.165, 1.54) is 25.0 Å². The SMILES string of the molecule is CCCCCn1cncc1CNCCOC. The molecule has 0 unspecified atom stereocenters. The number of methoxy groups -OCH3 is 1. The van der Waals surface area contributed by atoms with Crippen molar-refractivity contribution in [2.24, 2.45) is 0 Å². The van der Waals surface area contributed by atoms with E-state index in [1.807, 2.05) is 12.5 Å². The number of nitrogens with one attached hydrogen (secondary N) is 1. The summed E-state index contributed by atoms with van der Waals surface area (Å²) >= 11 is 0. The van der Waals surface area contributed by atoms with Crippen molar-refractivity contribution >= 4 is 0 Å². The van der Waals surface area contributed by atoms with E-state index < -0.39 is 0 Å². The molecule has 1 heterocycles. The predicted octanol–water partition coefficient (Wildman–Crippen LogP) is 1.81. The Balaban J connectivity index is 2.26. The molecular weight excluding hydrogens is 202 g/mol. The van der Waals surface area contributed by atoms with Gasteiger partial charge in [-0.15, -0.1) is 0 Å². The second-order valence-electron chi connectivity index (χ2n) is 3.96. The van der Waals surface area contributed by atoms with Gasteiger partial charge in [0, 0.05) is 32.9 Å². The molecule has 0 aliphatic carbocycles. The summed E-state index contributed by atoms with van der Waals surface area (Å²) in [6.45, 7) is 5.81. The molecule has 0 fully saturated rings. The molecule has 1 N–H and O–H groups in total. The van der Waals surface area contributed by atoms with Crippen LogP contribution in [-0.4, -0.2) is 29.8 Å². The molecule has 0 atom stereocenters. The number of hydrogen-bond acceptors (Lipinski definition) is 3. The quantitative estimate of drug-likeness (QED) is 0.651. The second kappa shape index (κ2) is 8.30. The lowest BCUT2D eigenvalue weighted by atomic mass is 10.2. The summed E-state index contributed by atoms with van der Waals surface area (Å²) in [6, 6.07) is 0. The number of aryl methyl sites for hydroxylation is 1. The average molecular weight is 225 g/mol. The first-order chi connectivity index (χ1) is 7.88. The molecular formula is C12H23N3O. The van der Waals surface area contributed by atoms with Crippen LogP contribution < -0.4 is 5.32 Å². The van der Waals surface area contributed by atoms with Crippen LogP contribution in [0.5, 0.6) is 0 Å². The van der Waals surface area contributed by atoms with Gasteiger partial charge in [-0.1, -0.05) is 19.8 Å². The van der Waals surface area contributed by atoms with Gasteiger partial charge in [-0.05, 0) is 6.42 Å². The molecule has 1 aromatic heterocycles. The van der Waals surface area contributed by atoms with Crippen LogP contribution in [0.1, 0.15) is 31.9 Å². The highest BCUT2D eigenvalue weighted by molar-refractivity contribution is 4.97. The van der Waals surface area contributed by atoms with Crippen molar-refractivity contribution in [1.29, 1.82) is 0 Å². The summed E-state index contributed by atoms with van der Waals surface area (Å²) in [5, 5.41) is 3.33. The van der Waals surface area contributed by atoms with Gasteiger partial charge in [-0.2, -0.15) is 0 Å². The van der Waals surface area contributed by atoms with Crippen molar-refractivity contribution in [2.75, 3.05) is 20.3 Å². The Labute approximate surface area is 98.0 Å². The molecule has 0 amide bonds. The Morgan fingerprint density at radius 2 is 2.31 bits per heavy atom. The minimum atomic E-state index is 0.754. The van der Waals surface area contributed by atoms with Crippen molar-refractivity contribution in [3.8, 4) is 0 Å². The third-order valence-electron chi connectivity index (χ3n) is 2.59. The average Bonchev–Trinajstić information content (AvgIpc) is 2.73. The molecule has 4 nitrogen and oxygen atoms in total. The Kier molecular flexibility index (Phi) is 6.85. The number of hydrogen-bond donors (Lipinski definition) is 1. The minimum Gasteiger partial charge on any atom is -0.383 e. The molecule has 0 aliphatic rings. The van der Waals surface area contributed by atoms with E-state index in [0.29, 0.717) is 0 Å². The smallest absolute Gasteiger partial charge is 0.0948 e. The molecule has 0 spiro atoms. The first kappa shape index (κ1) is 13.2. The summed E-state index contributed by atoms with van der Waals surface area (Å²) < 4.78 is 7.22. The van der Waals surface area contributed by atoms with E-state index in [1.54, 1.807) is 7.11 Å². The molecule has 0 radical (unpaired) electrons. The Bertz CT molecular complexity index is 273. The first-order valence-electron chi connectivity index (χ1n) is 6.07. The maximum atomic E-state index is 4.99. The van der Waals surface area contributed by atoms with E-state index in [0.717, 1.165) is 26.2 Å². The second-order valence-corrected chi connectivity index (χ2v) is 3.96. The van der Waals surface area contributed by atoms with E-state index >= 15 is 0 Å². The largest absolute Gasteiger partial charge is 0.383 e. The van der Waals surface area contributed by atoms with Crippen molar-refractivity contribution < 1.29 is 4.74 Å². The van der Waals surface area contributed by atoms with Gasteiger partial charge < -0.3 is 14.6 Å². The molecule has 0 bridgehead atoms. The van der Waals surface area contributed by atoms with Gasteiger partial charge in [-0.3, -0.25) is 0 Å². The Hall–Kier alpha value is -0.870. The maximum absolute atomic E-state index is 4.99. The van der Waals surface area contributed by atoms with E-state index in [4.69, 9.17) is 4.74 Å². The van der Waals surface area contributed by atoms with Crippen molar-refractivity contribution in [2.45, 2.75) is 39.3 Å². The molecule has 4 heteroatoms. The van der Waals surface area contributed by atoms with Crippen LogP contribution in [0.2, 0.25) is 0 Å². The number of unbranched alkanes of at least 4 members (excludes halogenated alkanes) is 2. The summed E-state index contributed by atoms with van der Waals surface area (Å²) in [4.78, 5) is 4.19. The van der Waals surface area contributed by atoms with Gasteiger partial charge in [0.2, 0.25) is 0 Å². The summed E-state index contributed by atoms with van der Waals surface area (Å²) in [5.41, 5.74) is 1.26. The van der Waals surface area contributed by atoms with Gasteiger partial charge in [0.15, 0.2) is 0 Å². The summed E-state index contributed by atoms with van der Waals surface area (Å²) in [5.74, 6) is 0. The van der Waals surface area contributed by atoms with Crippen LogP contribution in [0, 0.1) is 0 Å². The first-order valence-corrected chi connectivity index (χ1v) is 6.07. The fourth-order valence-corrected chi connectivity index (χ4v) is 1.62. The zero-order valence-corrected chi connectivity index (χ0v) is 10.4. The van der Waals surface area contributed by atoms with Crippen molar-refractivity contribution in [1.82, 2.24) is 14.9 Å². The van der Waals surface area contributed by atoms with Gasteiger partial charge in [-0.25, -0.2) is 4.98 Å². The van der Waals surface area contributed by atoms with E-state index in [9.17, 15) is 0 Å². The van der Waals surface area contributed by atoms with Gasteiger partial charge in [0.05, 0.1) is 18.6 Å². The number of imidazole rings is 1. The van der Waals surface area contributed by atoms with Crippen molar-refractivity contribution in [3.63, 3.8) is 0 Å². The molecule has 92 valence electrons. The normalized spacial score (nSPS) is 10.9. The lowest BCUT2D eigenvalue weighted by Crippen LogP contribution is -2.20. The monoisotopic (exact) mass is 225 g/mol. The van der Waals surface area contributed by atoms with E-state index in [-0.39, 0.29) is 0 Å². The lowest BCUT2D eigenvalue weighted by Gasteiger charge is -2.08. The van der Waals surface area contributed by atoms with Crippen LogP contribution >= 0.6 is 0 Å². The number of aromatic nitrogens is 2. The highest BCUT2D eigenvalue weighted by Crippen LogP contribution is 2.03. The molecule has 0 aliphatic heterocycles. The fraction of sp³-hybridized carbons (Fsp3) is 0.750. The minimum absolute atomic E-state index is 0.754. The number of rotatable bonds is 9. The topological polar surface area (TPSA) is 39.1 Å². The zero-order valence-electron chi connectivity index (χ0n) is 10.4. The lowest BCUT2D eigenvalue weighted by molar-refractivity contribution is 0.199. The number of ether oxygens (including phenoxy) is 1. The van der Waals surface area contributed by atoms with Crippen LogP contribution in [0.25, 0.3) is 0 Å². The highest BCUT2D eigenvalue weighted by Gasteiger charge is 2.00. The maximum Gasteiger partial charge on any atom is 0.0948 e. The molecule has 16 heavy (non-hydrogen) atoms. The summed E-state index contributed by atoms with van der Waals surface area (Å²) in [6.07, 6.45) is 7.64. The van der Waals surface area contributed by atoms with Crippen molar-refractivity contribution in [3.05, 3.63) is 18.2 Å². The van der Waals surface area contributed by atoms with Gasteiger partial charge >= 0.3 is 0 Å². The fourth-order valence-electron chi connectivity index (χ4n) is 1.62. The third-order valence-corrected chi connectivity index (χ3v) is 2.59. The van der Waals surface area contributed by atoms with Crippen LogP contribution in [0.3, 0.4) is 0 Å². The Morgan fingerprint density at radius 1 is 1.44 bits per heavy atom.